The summed E-state index contributed by atoms with van der Waals surface area (Å²) >= 11 is 0. The summed E-state index contributed by atoms with van der Waals surface area (Å²) in [6.07, 6.45) is 6.45. The van der Waals surface area contributed by atoms with Crippen LogP contribution in [0.1, 0.15) is 74.7 Å². The smallest absolute Gasteiger partial charge is 0.410 e. The van der Waals surface area contributed by atoms with Gasteiger partial charge in [0.2, 0.25) is 0 Å². The minimum atomic E-state index is -0.815. The normalized spacial score (nSPS) is 20.9. The van der Waals surface area contributed by atoms with Crippen molar-refractivity contribution in [3.05, 3.63) is 23.5 Å². The molecule has 0 radical (unpaired) electrons. The highest BCUT2D eigenvalue weighted by Gasteiger charge is 2.36. The monoisotopic (exact) mass is 351 g/mol. The first kappa shape index (κ1) is 21.8. The van der Waals surface area contributed by atoms with Crippen LogP contribution in [-0.4, -0.2) is 33.8 Å². The number of nitrogens with zero attached hydrogens (tertiary/aromatic N) is 1. The molecule has 1 saturated carbocycles. The van der Waals surface area contributed by atoms with Crippen LogP contribution in [0.2, 0.25) is 0 Å². The summed E-state index contributed by atoms with van der Waals surface area (Å²) in [6, 6.07) is 0.142. The Bertz CT molecular complexity index is 502. The first-order valence-corrected chi connectivity index (χ1v) is 9.58. The molecule has 0 saturated heterocycles. The maximum atomic E-state index is 12.8. The van der Waals surface area contributed by atoms with Gasteiger partial charge in [-0.15, -0.1) is 0 Å². The van der Waals surface area contributed by atoms with Gasteiger partial charge in [0.15, 0.2) is 0 Å². The molecule has 1 aliphatic carbocycles. The number of rotatable bonds is 6. The molecule has 1 atom stereocenters. The van der Waals surface area contributed by atoms with Crippen LogP contribution in [0, 0.1) is 11.8 Å². The van der Waals surface area contributed by atoms with E-state index >= 15 is 0 Å². The molecule has 0 aromatic rings. The third kappa shape index (κ3) is 6.18. The highest BCUT2D eigenvalue weighted by Crippen LogP contribution is 2.41. The molecule has 0 spiro atoms. The van der Waals surface area contributed by atoms with Crippen molar-refractivity contribution in [3.8, 4) is 0 Å². The Morgan fingerprint density at radius 1 is 1.20 bits per heavy atom. The molecular weight excluding hydrogens is 314 g/mol. The minimum Gasteiger partial charge on any atom is -0.410 e. The highest BCUT2D eigenvalue weighted by molar-refractivity contribution is 5.70. The fourth-order valence-corrected chi connectivity index (χ4v) is 3.57. The van der Waals surface area contributed by atoms with E-state index in [4.69, 9.17) is 4.74 Å². The zero-order valence-electron chi connectivity index (χ0n) is 17.3. The molecule has 144 valence electrons. The van der Waals surface area contributed by atoms with Gasteiger partial charge in [0.05, 0.1) is 5.60 Å². The van der Waals surface area contributed by atoms with E-state index in [0.29, 0.717) is 11.7 Å². The van der Waals surface area contributed by atoms with E-state index < -0.39 is 5.60 Å². The molecule has 0 bridgehead atoms. The summed E-state index contributed by atoms with van der Waals surface area (Å²) in [5.74, 6) is 1.01. The quantitative estimate of drug-likeness (QED) is 0.662. The summed E-state index contributed by atoms with van der Waals surface area (Å²) in [5, 5.41) is 10.5. The van der Waals surface area contributed by atoms with E-state index in [-0.39, 0.29) is 24.1 Å². The number of hydrogen-bond acceptors (Lipinski definition) is 3. The van der Waals surface area contributed by atoms with Crippen molar-refractivity contribution >= 4 is 6.09 Å². The molecule has 0 aliphatic heterocycles. The zero-order valence-corrected chi connectivity index (χ0v) is 17.3. The lowest BCUT2D eigenvalue weighted by Gasteiger charge is -2.31. The minimum absolute atomic E-state index is 0.0265. The van der Waals surface area contributed by atoms with E-state index in [1.165, 1.54) is 0 Å². The highest BCUT2D eigenvalue weighted by atomic mass is 16.6. The second-order valence-electron chi connectivity index (χ2n) is 8.55. The van der Waals surface area contributed by atoms with E-state index in [2.05, 4.69) is 13.8 Å². The predicted molar refractivity (Wildman–Crippen MR) is 103 cm³/mol. The molecular formula is C21H37NO3. The fraction of sp³-hybridized carbons (Fsp3) is 0.762. The Balaban J connectivity index is 3.21. The maximum Gasteiger partial charge on any atom is 0.415 e. The van der Waals surface area contributed by atoms with Gasteiger partial charge in [0.25, 0.3) is 0 Å². The van der Waals surface area contributed by atoms with Gasteiger partial charge >= 0.3 is 6.09 Å². The number of allylic oxidation sites excluding steroid dienone is 2. The molecule has 0 heterocycles. The third-order valence-corrected chi connectivity index (χ3v) is 4.68. The zero-order chi connectivity index (χ0) is 19.4. The average Bonchev–Trinajstić information content (AvgIpc) is 2.91. The van der Waals surface area contributed by atoms with E-state index in [9.17, 15) is 9.90 Å². The van der Waals surface area contributed by atoms with E-state index in [1.54, 1.807) is 4.90 Å². The van der Waals surface area contributed by atoms with Gasteiger partial charge < -0.3 is 14.7 Å². The van der Waals surface area contributed by atoms with E-state index in [0.717, 1.165) is 24.8 Å². The molecule has 1 amide bonds. The van der Waals surface area contributed by atoms with Crippen LogP contribution in [0.3, 0.4) is 0 Å². The second-order valence-corrected chi connectivity index (χ2v) is 8.55. The van der Waals surface area contributed by atoms with Gasteiger partial charge in [0.1, 0.15) is 5.76 Å². The van der Waals surface area contributed by atoms with Gasteiger partial charge in [-0.05, 0) is 78.4 Å². The molecule has 0 aromatic carbocycles. The SMILES string of the molecule is CC(C)/C=C/C(OC(=O)N(C(C)C)C(C)C)=C1\CCC[C@@H]1C(C)(C)O. The Morgan fingerprint density at radius 3 is 2.20 bits per heavy atom. The largest absolute Gasteiger partial charge is 0.415 e. The maximum absolute atomic E-state index is 12.8. The van der Waals surface area contributed by atoms with Crippen LogP contribution in [0.25, 0.3) is 0 Å². The molecule has 0 aromatic heterocycles. The third-order valence-electron chi connectivity index (χ3n) is 4.68. The first-order chi connectivity index (χ1) is 11.4. The van der Waals surface area contributed by atoms with Crippen LogP contribution in [0.15, 0.2) is 23.5 Å². The van der Waals surface area contributed by atoms with Gasteiger partial charge in [0, 0.05) is 18.0 Å². The molecule has 0 unspecified atom stereocenters. The summed E-state index contributed by atoms with van der Waals surface area (Å²) in [4.78, 5) is 14.5. The van der Waals surface area contributed by atoms with Crippen LogP contribution in [-0.2, 0) is 4.74 Å². The van der Waals surface area contributed by atoms with Crippen LogP contribution < -0.4 is 0 Å². The molecule has 1 aliphatic rings. The summed E-state index contributed by atoms with van der Waals surface area (Å²) in [6.45, 7) is 15.8. The van der Waals surface area contributed by atoms with Crippen molar-refractivity contribution < 1.29 is 14.6 Å². The van der Waals surface area contributed by atoms with E-state index in [1.807, 2.05) is 53.7 Å². The second kappa shape index (κ2) is 8.88. The van der Waals surface area contributed by atoms with Crippen molar-refractivity contribution in [3.63, 3.8) is 0 Å². The van der Waals surface area contributed by atoms with Gasteiger partial charge in [-0.1, -0.05) is 19.9 Å². The first-order valence-electron chi connectivity index (χ1n) is 9.58. The number of carbonyl (C=O) groups excluding carboxylic acids is 1. The molecule has 1 fully saturated rings. The number of ether oxygens (including phenoxy) is 1. The summed E-state index contributed by atoms with van der Waals surface area (Å²) < 4.78 is 5.86. The van der Waals surface area contributed by atoms with Crippen LogP contribution in [0.5, 0.6) is 0 Å². The molecule has 25 heavy (non-hydrogen) atoms. The van der Waals surface area contributed by atoms with Gasteiger partial charge in [-0.25, -0.2) is 4.79 Å². The Kier molecular flexibility index (Phi) is 7.73. The summed E-state index contributed by atoms with van der Waals surface area (Å²) in [5.41, 5.74) is 0.246. The lowest BCUT2D eigenvalue weighted by Crippen LogP contribution is -2.42. The van der Waals surface area contributed by atoms with Crippen molar-refractivity contribution in [2.45, 2.75) is 92.3 Å². The van der Waals surface area contributed by atoms with Crippen molar-refractivity contribution in [2.24, 2.45) is 11.8 Å². The average molecular weight is 352 g/mol. The lowest BCUT2D eigenvalue weighted by atomic mass is 9.85. The predicted octanol–water partition coefficient (Wildman–Crippen LogP) is 5.28. The lowest BCUT2D eigenvalue weighted by molar-refractivity contribution is 0.0326. The Labute approximate surface area is 153 Å². The number of hydrogen-bond donors (Lipinski definition) is 1. The molecule has 1 rings (SSSR count). The molecule has 1 N–H and O–H groups in total. The van der Waals surface area contributed by atoms with Gasteiger partial charge in [-0.3, -0.25) is 0 Å². The van der Waals surface area contributed by atoms with Crippen molar-refractivity contribution in [1.82, 2.24) is 4.90 Å². The fourth-order valence-electron chi connectivity index (χ4n) is 3.57. The van der Waals surface area contributed by atoms with Gasteiger partial charge in [-0.2, -0.15) is 0 Å². The van der Waals surface area contributed by atoms with Crippen LogP contribution >= 0.6 is 0 Å². The number of amides is 1. The standard InChI is InChI=1S/C21H37NO3/c1-14(2)12-13-19(17-10-9-11-18(17)21(7,8)24)25-20(23)22(15(3)4)16(5)6/h12-16,18,24H,9-11H2,1-8H3/b13-12+,19-17-/t18-/m0/s1. The number of carbonyl (C=O) groups is 1. The topological polar surface area (TPSA) is 49.8 Å². The number of aliphatic hydroxyl groups is 1. The van der Waals surface area contributed by atoms with Crippen molar-refractivity contribution in [1.29, 1.82) is 0 Å². The molecule has 4 heteroatoms. The Hall–Kier alpha value is -1.29. The molecule has 4 nitrogen and oxygen atoms in total. The Morgan fingerprint density at radius 2 is 1.76 bits per heavy atom. The van der Waals surface area contributed by atoms with Crippen molar-refractivity contribution in [2.75, 3.05) is 0 Å². The van der Waals surface area contributed by atoms with Crippen LogP contribution in [0.4, 0.5) is 4.79 Å². The summed E-state index contributed by atoms with van der Waals surface area (Å²) in [7, 11) is 0.